The molecule has 0 aliphatic carbocycles. The Morgan fingerprint density at radius 3 is 2.26 bits per heavy atom. The highest BCUT2D eigenvalue weighted by molar-refractivity contribution is 5.72. The maximum atomic E-state index is 11.6. The average molecular weight is 268 g/mol. The lowest BCUT2D eigenvalue weighted by atomic mass is 10.0. The lowest BCUT2D eigenvalue weighted by Gasteiger charge is -2.08. The molecule has 2 nitrogen and oxygen atoms in total. The van der Waals surface area contributed by atoms with Crippen LogP contribution in [-0.2, 0) is 9.53 Å². The van der Waals surface area contributed by atoms with E-state index in [1.54, 1.807) is 0 Å². The maximum Gasteiger partial charge on any atom is 0.309 e. The number of hydrogen-bond acceptors (Lipinski definition) is 2. The van der Waals surface area contributed by atoms with Gasteiger partial charge in [-0.2, -0.15) is 0 Å². The van der Waals surface area contributed by atoms with E-state index in [0.29, 0.717) is 13.0 Å². The third-order valence-corrected chi connectivity index (χ3v) is 3.27. The van der Waals surface area contributed by atoms with E-state index >= 15 is 0 Å². The SMILES string of the molecule is CCCC/C=C(\CCCCCCC)CC(=O)OCC. The van der Waals surface area contributed by atoms with Crippen LogP contribution in [0.2, 0.25) is 0 Å². The smallest absolute Gasteiger partial charge is 0.309 e. The molecule has 0 radical (unpaired) electrons. The topological polar surface area (TPSA) is 26.3 Å². The summed E-state index contributed by atoms with van der Waals surface area (Å²) >= 11 is 0. The highest BCUT2D eigenvalue weighted by atomic mass is 16.5. The largest absolute Gasteiger partial charge is 0.466 e. The summed E-state index contributed by atoms with van der Waals surface area (Å²) in [6.07, 6.45) is 13.7. The van der Waals surface area contributed by atoms with Crippen LogP contribution < -0.4 is 0 Å². The Kier molecular flexibility index (Phi) is 13.1. The van der Waals surface area contributed by atoms with Gasteiger partial charge in [-0.3, -0.25) is 4.79 Å². The molecule has 2 heteroatoms. The van der Waals surface area contributed by atoms with Crippen molar-refractivity contribution in [2.24, 2.45) is 0 Å². The molecule has 0 heterocycles. The predicted molar refractivity (Wildman–Crippen MR) is 82.2 cm³/mol. The number of carbonyl (C=O) groups is 1. The van der Waals surface area contributed by atoms with E-state index in [1.165, 1.54) is 50.5 Å². The summed E-state index contributed by atoms with van der Waals surface area (Å²) in [6, 6.07) is 0. The van der Waals surface area contributed by atoms with E-state index in [1.807, 2.05) is 6.92 Å². The molecule has 0 aromatic carbocycles. The number of allylic oxidation sites excluding steroid dienone is 1. The van der Waals surface area contributed by atoms with E-state index in [0.717, 1.165) is 12.8 Å². The van der Waals surface area contributed by atoms with Gasteiger partial charge < -0.3 is 4.74 Å². The lowest BCUT2D eigenvalue weighted by molar-refractivity contribution is -0.142. The summed E-state index contributed by atoms with van der Waals surface area (Å²) in [5.74, 6) is -0.0705. The molecule has 0 unspecified atom stereocenters. The van der Waals surface area contributed by atoms with Gasteiger partial charge in [-0.1, -0.05) is 64.0 Å². The first-order valence-electron chi connectivity index (χ1n) is 8.08. The fourth-order valence-electron chi connectivity index (χ4n) is 2.13. The number of carbonyl (C=O) groups excluding carboxylic acids is 1. The molecule has 0 N–H and O–H groups in total. The molecule has 0 atom stereocenters. The Morgan fingerprint density at radius 2 is 1.63 bits per heavy atom. The van der Waals surface area contributed by atoms with Crippen LogP contribution in [0.3, 0.4) is 0 Å². The van der Waals surface area contributed by atoms with Crippen molar-refractivity contribution < 1.29 is 9.53 Å². The summed E-state index contributed by atoms with van der Waals surface area (Å²) in [5.41, 5.74) is 1.28. The van der Waals surface area contributed by atoms with E-state index in [9.17, 15) is 4.79 Å². The van der Waals surface area contributed by atoms with Crippen LogP contribution in [-0.4, -0.2) is 12.6 Å². The second-order valence-corrected chi connectivity index (χ2v) is 5.15. The molecule has 0 fully saturated rings. The Balaban J connectivity index is 4.03. The van der Waals surface area contributed by atoms with Crippen LogP contribution in [0.1, 0.15) is 85.0 Å². The van der Waals surface area contributed by atoms with Gasteiger partial charge in [-0.05, 0) is 26.2 Å². The monoisotopic (exact) mass is 268 g/mol. The molecule has 0 aromatic rings. The van der Waals surface area contributed by atoms with Crippen LogP contribution in [0, 0.1) is 0 Å². The first-order valence-corrected chi connectivity index (χ1v) is 8.08. The van der Waals surface area contributed by atoms with Crippen LogP contribution >= 0.6 is 0 Å². The second-order valence-electron chi connectivity index (χ2n) is 5.15. The average Bonchev–Trinajstić information content (AvgIpc) is 2.38. The summed E-state index contributed by atoms with van der Waals surface area (Å²) in [4.78, 5) is 11.6. The fourth-order valence-corrected chi connectivity index (χ4v) is 2.13. The van der Waals surface area contributed by atoms with Gasteiger partial charge in [-0.15, -0.1) is 0 Å². The molecule has 0 aromatic heterocycles. The lowest BCUT2D eigenvalue weighted by Crippen LogP contribution is -2.05. The maximum absolute atomic E-state index is 11.6. The van der Waals surface area contributed by atoms with E-state index in [2.05, 4.69) is 19.9 Å². The van der Waals surface area contributed by atoms with Crippen molar-refractivity contribution in [1.29, 1.82) is 0 Å². The number of esters is 1. The first kappa shape index (κ1) is 18.2. The number of hydrogen-bond donors (Lipinski definition) is 0. The zero-order chi connectivity index (χ0) is 14.3. The van der Waals surface area contributed by atoms with Gasteiger partial charge >= 0.3 is 5.97 Å². The van der Waals surface area contributed by atoms with Gasteiger partial charge in [0.1, 0.15) is 0 Å². The zero-order valence-corrected chi connectivity index (χ0v) is 13.2. The van der Waals surface area contributed by atoms with Gasteiger partial charge in [-0.25, -0.2) is 0 Å². The van der Waals surface area contributed by atoms with Gasteiger partial charge in [0.2, 0.25) is 0 Å². The summed E-state index contributed by atoms with van der Waals surface area (Å²) in [5, 5.41) is 0. The minimum Gasteiger partial charge on any atom is -0.466 e. The normalized spacial score (nSPS) is 11.6. The molecular weight excluding hydrogens is 236 g/mol. The van der Waals surface area contributed by atoms with Crippen molar-refractivity contribution >= 4 is 5.97 Å². The van der Waals surface area contributed by atoms with Crippen LogP contribution in [0.4, 0.5) is 0 Å². The molecule has 0 spiro atoms. The molecule has 0 rings (SSSR count). The van der Waals surface area contributed by atoms with Crippen molar-refractivity contribution in [3.05, 3.63) is 11.6 Å². The van der Waals surface area contributed by atoms with Gasteiger partial charge in [0.15, 0.2) is 0 Å². The van der Waals surface area contributed by atoms with Crippen LogP contribution in [0.15, 0.2) is 11.6 Å². The summed E-state index contributed by atoms with van der Waals surface area (Å²) in [6.45, 7) is 6.78. The van der Waals surface area contributed by atoms with Crippen molar-refractivity contribution in [3.8, 4) is 0 Å². The van der Waals surface area contributed by atoms with E-state index in [4.69, 9.17) is 4.74 Å². The van der Waals surface area contributed by atoms with Crippen molar-refractivity contribution in [3.63, 3.8) is 0 Å². The Bertz CT molecular complexity index is 244. The summed E-state index contributed by atoms with van der Waals surface area (Å²) in [7, 11) is 0. The van der Waals surface area contributed by atoms with E-state index in [-0.39, 0.29) is 5.97 Å². The minimum absolute atomic E-state index is 0.0705. The highest BCUT2D eigenvalue weighted by Gasteiger charge is 2.06. The third-order valence-electron chi connectivity index (χ3n) is 3.27. The second kappa shape index (κ2) is 13.6. The Morgan fingerprint density at radius 1 is 0.947 bits per heavy atom. The summed E-state index contributed by atoms with van der Waals surface area (Å²) < 4.78 is 5.04. The first-order chi connectivity index (χ1) is 9.24. The van der Waals surface area contributed by atoms with Crippen molar-refractivity contribution in [2.75, 3.05) is 6.61 Å². The molecular formula is C17H32O2. The fraction of sp³-hybridized carbons (Fsp3) is 0.824. The van der Waals surface area contributed by atoms with Crippen LogP contribution in [0.25, 0.3) is 0 Å². The Labute approximate surface area is 119 Å². The molecule has 0 bridgehead atoms. The molecule has 0 saturated carbocycles. The van der Waals surface area contributed by atoms with Gasteiger partial charge in [0, 0.05) is 0 Å². The van der Waals surface area contributed by atoms with Crippen molar-refractivity contribution in [2.45, 2.75) is 85.0 Å². The minimum atomic E-state index is -0.0705. The number of unbranched alkanes of at least 4 members (excludes halogenated alkanes) is 6. The number of rotatable bonds is 12. The third kappa shape index (κ3) is 12.0. The molecule has 112 valence electrons. The van der Waals surface area contributed by atoms with Gasteiger partial charge in [0.25, 0.3) is 0 Å². The van der Waals surface area contributed by atoms with E-state index < -0.39 is 0 Å². The molecule has 0 aliphatic heterocycles. The Hall–Kier alpha value is -0.790. The van der Waals surface area contributed by atoms with Crippen LogP contribution in [0.5, 0.6) is 0 Å². The zero-order valence-electron chi connectivity index (χ0n) is 13.2. The van der Waals surface area contributed by atoms with Crippen molar-refractivity contribution in [1.82, 2.24) is 0 Å². The molecule has 0 saturated heterocycles. The van der Waals surface area contributed by atoms with Gasteiger partial charge in [0.05, 0.1) is 13.0 Å². The highest BCUT2D eigenvalue weighted by Crippen LogP contribution is 2.16. The molecule has 0 amide bonds. The quantitative estimate of drug-likeness (QED) is 0.268. The predicted octanol–water partition coefficient (Wildman–Crippen LogP) is 5.42. The molecule has 19 heavy (non-hydrogen) atoms. The standard InChI is InChI=1S/C17H32O2/c1-4-7-9-10-12-14-16(13-11-8-5-2)15-17(18)19-6-3/h13H,4-12,14-15H2,1-3H3/b16-13+. The molecule has 0 aliphatic rings. The number of ether oxygens (including phenoxy) is 1.